The highest BCUT2D eigenvalue weighted by atomic mass is 79.9. The van der Waals surface area contributed by atoms with Crippen LogP contribution in [0.1, 0.15) is 40.2 Å². The van der Waals surface area contributed by atoms with Crippen LogP contribution in [0.4, 0.5) is 0 Å². The van der Waals surface area contributed by atoms with E-state index in [9.17, 15) is 21.6 Å². The number of carbonyl (C=O) groups excluding carboxylic acids is 1. The fourth-order valence-corrected chi connectivity index (χ4v) is 8.13. The van der Waals surface area contributed by atoms with Crippen molar-refractivity contribution in [3.8, 4) is 0 Å². The van der Waals surface area contributed by atoms with Crippen molar-refractivity contribution in [3.05, 3.63) is 92.7 Å². The maximum Gasteiger partial charge on any atom is 0.242 e. The van der Waals surface area contributed by atoms with E-state index in [1.165, 1.54) is 12.1 Å². The summed E-state index contributed by atoms with van der Waals surface area (Å²) in [7, 11) is -7.80. The number of hydrogen-bond donors (Lipinski definition) is 3. The van der Waals surface area contributed by atoms with E-state index >= 15 is 0 Å². The number of rotatable bonds is 7. The van der Waals surface area contributed by atoms with Gasteiger partial charge >= 0.3 is 0 Å². The van der Waals surface area contributed by atoms with E-state index in [-0.39, 0.29) is 17.7 Å². The smallest absolute Gasteiger partial charge is 0.242 e. The molecule has 1 amide bonds. The van der Waals surface area contributed by atoms with Crippen molar-refractivity contribution in [3.63, 3.8) is 0 Å². The number of benzene rings is 3. The molecule has 3 N–H and O–H groups in total. The molecular formula is C25H22BrClN4O5S2. The van der Waals surface area contributed by atoms with Crippen molar-refractivity contribution in [2.45, 2.75) is 36.0 Å². The zero-order valence-electron chi connectivity index (χ0n) is 19.9. The monoisotopic (exact) mass is 636 g/mol. The van der Waals surface area contributed by atoms with E-state index in [0.29, 0.717) is 32.0 Å². The van der Waals surface area contributed by atoms with Gasteiger partial charge in [0.05, 0.1) is 28.4 Å². The van der Waals surface area contributed by atoms with Gasteiger partial charge in [-0.3, -0.25) is 9.52 Å². The summed E-state index contributed by atoms with van der Waals surface area (Å²) in [5.74, 6) is -0.136. The predicted molar refractivity (Wildman–Crippen MR) is 148 cm³/mol. The number of amides is 1. The molecule has 2 heterocycles. The average molecular weight is 638 g/mol. The lowest BCUT2D eigenvalue weighted by atomic mass is 10.0. The third-order valence-electron chi connectivity index (χ3n) is 6.34. The van der Waals surface area contributed by atoms with Crippen LogP contribution >= 0.6 is 27.5 Å². The van der Waals surface area contributed by atoms with Gasteiger partial charge in [0.1, 0.15) is 11.1 Å². The number of aromatic nitrogens is 2. The van der Waals surface area contributed by atoms with E-state index in [2.05, 4.69) is 30.6 Å². The molecule has 2 atom stereocenters. The highest BCUT2D eigenvalue weighted by Gasteiger charge is 2.39. The highest BCUT2D eigenvalue weighted by Crippen LogP contribution is 2.36. The number of imidazole rings is 1. The molecule has 0 saturated carbocycles. The lowest BCUT2D eigenvalue weighted by Crippen LogP contribution is -2.31. The van der Waals surface area contributed by atoms with Gasteiger partial charge in [0.25, 0.3) is 0 Å². The second-order valence-electron chi connectivity index (χ2n) is 9.05. The first-order valence-electron chi connectivity index (χ1n) is 11.5. The van der Waals surface area contributed by atoms with Crippen LogP contribution in [0.2, 0.25) is 5.02 Å². The van der Waals surface area contributed by atoms with Crippen LogP contribution in [0.3, 0.4) is 0 Å². The summed E-state index contributed by atoms with van der Waals surface area (Å²) in [5, 5.41) is -0.670. The number of H-pyrrole nitrogens is 1. The molecule has 9 nitrogen and oxygen atoms in total. The Bertz CT molecular complexity index is 1760. The SMILES string of the molecule is Cc1ccc(S(=O)(=O)N[C@@H](Cc2ccc(C3CC(=O)NS3(=O)=O)c(Br)c2)c2nc3ccccc3[nH]2)cc1Cl. The first kappa shape index (κ1) is 26.8. The maximum absolute atomic E-state index is 13.4. The van der Waals surface area contributed by atoms with Crippen LogP contribution in [0.15, 0.2) is 70.0 Å². The Morgan fingerprint density at radius 2 is 1.92 bits per heavy atom. The minimum atomic E-state index is -3.99. The van der Waals surface area contributed by atoms with Gasteiger partial charge in [0.2, 0.25) is 26.0 Å². The number of halogens is 2. The molecule has 5 rings (SSSR count). The Morgan fingerprint density at radius 1 is 1.16 bits per heavy atom. The standard InChI is InChI=1S/C25H22BrClN4O5S2/c1-14-6-8-16(12-19(14)27)37(33,34)30-22(25-28-20-4-2-3-5-21(20)29-25)11-15-7-9-17(18(26)10-15)23-13-24(32)31-38(23,35)36/h2-10,12,22-23,30H,11,13H2,1H3,(H,28,29)(H,31,32)/t22-,23?/m0/s1. The summed E-state index contributed by atoms with van der Waals surface area (Å²) >= 11 is 9.62. The Hall–Kier alpha value is -2.77. The Morgan fingerprint density at radius 3 is 2.58 bits per heavy atom. The van der Waals surface area contributed by atoms with E-state index in [1.807, 2.05) is 29.0 Å². The number of sulfonamides is 2. The second kappa shape index (κ2) is 10.1. The molecule has 198 valence electrons. The van der Waals surface area contributed by atoms with E-state index in [0.717, 1.165) is 11.1 Å². The van der Waals surface area contributed by atoms with E-state index in [1.54, 1.807) is 31.2 Å². The third-order valence-corrected chi connectivity index (χ3v) is 10.6. The molecule has 13 heteroatoms. The largest absolute Gasteiger partial charge is 0.341 e. The first-order chi connectivity index (χ1) is 17.9. The quantitative estimate of drug-likeness (QED) is 0.274. The van der Waals surface area contributed by atoms with Crippen molar-refractivity contribution >= 4 is 64.5 Å². The van der Waals surface area contributed by atoms with Gasteiger partial charge in [-0.2, -0.15) is 0 Å². The number of nitrogens with zero attached hydrogens (tertiary/aromatic N) is 1. The molecule has 1 fully saturated rings. The Kier molecular flexibility index (Phi) is 7.12. The number of para-hydroxylation sites is 2. The van der Waals surface area contributed by atoms with E-state index < -0.39 is 37.2 Å². The minimum absolute atomic E-state index is 0.0225. The molecule has 4 aromatic rings. The van der Waals surface area contributed by atoms with Crippen molar-refractivity contribution in [2.75, 3.05) is 0 Å². The first-order valence-corrected chi connectivity index (χ1v) is 15.7. The van der Waals surface area contributed by atoms with E-state index in [4.69, 9.17) is 11.6 Å². The van der Waals surface area contributed by atoms with Gasteiger partial charge in [0.15, 0.2) is 0 Å². The molecule has 3 aromatic carbocycles. The number of carbonyl (C=O) groups is 1. The van der Waals surface area contributed by atoms with Gasteiger partial charge in [-0.05, 0) is 60.4 Å². The summed E-state index contributed by atoms with van der Waals surface area (Å²) in [6, 6.07) is 16.2. The number of hydrogen-bond acceptors (Lipinski definition) is 6. The molecule has 1 aromatic heterocycles. The molecule has 0 bridgehead atoms. The van der Waals surface area contributed by atoms with Gasteiger partial charge in [-0.1, -0.05) is 57.9 Å². The summed E-state index contributed by atoms with van der Waals surface area (Å²) in [6.45, 7) is 1.79. The Labute approximate surface area is 233 Å². The molecule has 0 aliphatic carbocycles. The zero-order chi connectivity index (χ0) is 27.2. The van der Waals surface area contributed by atoms with Crippen LogP contribution in [-0.4, -0.2) is 32.7 Å². The summed E-state index contributed by atoms with van der Waals surface area (Å²) in [4.78, 5) is 19.5. The fraction of sp³-hybridized carbons (Fsp3) is 0.200. The van der Waals surface area contributed by atoms with Crippen molar-refractivity contribution < 1.29 is 21.6 Å². The lowest BCUT2D eigenvalue weighted by Gasteiger charge is -2.19. The number of aromatic amines is 1. The number of aryl methyl sites for hydroxylation is 1. The summed E-state index contributed by atoms with van der Waals surface area (Å²) in [5.41, 5.74) is 3.36. The summed E-state index contributed by atoms with van der Waals surface area (Å²) < 4.78 is 56.7. The molecular weight excluding hydrogens is 616 g/mol. The molecule has 1 unspecified atom stereocenters. The van der Waals surface area contributed by atoms with Crippen LogP contribution in [0.25, 0.3) is 11.0 Å². The molecule has 1 aliphatic heterocycles. The van der Waals surface area contributed by atoms with Crippen LogP contribution in [0, 0.1) is 6.92 Å². The summed E-state index contributed by atoms with van der Waals surface area (Å²) in [6.07, 6.45) is 0.0346. The molecule has 38 heavy (non-hydrogen) atoms. The number of nitrogens with one attached hydrogen (secondary N) is 3. The fourth-order valence-electron chi connectivity index (χ4n) is 4.35. The van der Waals surface area contributed by atoms with Gasteiger partial charge in [-0.15, -0.1) is 0 Å². The number of fused-ring (bicyclic) bond motifs is 1. The predicted octanol–water partition coefficient (Wildman–Crippen LogP) is 4.44. The van der Waals surface area contributed by atoms with Crippen molar-refractivity contribution in [1.82, 2.24) is 19.4 Å². The van der Waals surface area contributed by atoms with Gasteiger partial charge < -0.3 is 4.98 Å². The third kappa shape index (κ3) is 5.36. The Balaban J connectivity index is 1.50. The zero-order valence-corrected chi connectivity index (χ0v) is 23.9. The molecule has 1 aliphatic rings. The highest BCUT2D eigenvalue weighted by molar-refractivity contribution is 9.10. The minimum Gasteiger partial charge on any atom is -0.341 e. The van der Waals surface area contributed by atoms with Gasteiger partial charge in [-0.25, -0.2) is 26.5 Å². The molecule has 0 radical (unpaired) electrons. The normalized spacial score (nSPS) is 18.0. The van der Waals surface area contributed by atoms with Crippen molar-refractivity contribution in [2.24, 2.45) is 0 Å². The molecule has 0 spiro atoms. The maximum atomic E-state index is 13.4. The van der Waals surface area contributed by atoms with Crippen LogP contribution in [-0.2, 0) is 31.3 Å². The van der Waals surface area contributed by atoms with Crippen molar-refractivity contribution in [1.29, 1.82) is 0 Å². The van der Waals surface area contributed by atoms with Gasteiger partial charge in [0, 0.05) is 9.50 Å². The average Bonchev–Trinajstić information content (AvgIpc) is 3.39. The second-order valence-corrected chi connectivity index (χ2v) is 13.9. The lowest BCUT2D eigenvalue weighted by molar-refractivity contribution is -0.118. The molecule has 1 saturated heterocycles. The topological polar surface area (TPSA) is 138 Å². The van der Waals surface area contributed by atoms with Crippen LogP contribution < -0.4 is 9.44 Å². The van der Waals surface area contributed by atoms with Crippen LogP contribution in [0.5, 0.6) is 0 Å².